The summed E-state index contributed by atoms with van der Waals surface area (Å²) < 4.78 is 12.1. The van der Waals surface area contributed by atoms with Gasteiger partial charge in [0.15, 0.2) is 8.32 Å². The normalized spacial score (nSPS) is 13.4. The largest absolute Gasteiger partial charge is 0.414 e. The zero-order valence-corrected chi connectivity index (χ0v) is 25.0. The highest BCUT2D eigenvalue weighted by atomic mass is 28.4. The maximum absolute atomic E-state index is 6.19. The van der Waals surface area contributed by atoms with Gasteiger partial charge in [0.25, 0.3) is 0 Å². The van der Waals surface area contributed by atoms with Gasteiger partial charge < -0.3 is 9.16 Å². The third-order valence-corrected chi connectivity index (χ3v) is 12.3. The van der Waals surface area contributed by atoms with Crippen molar-refractivity contribution in [3.63, 3.8) is 0 Å². The molecule has 0 N–H and O–H groups in total. The van der Waals surface area contributed by atoms with Crippen LogP contribution in [0.25, 0.3) is 0 Å². The summed E-state index contributed by atoms with van der Waals surface area (Å²) >= 11 is 0. The van der Waals surface area contributed by atoms with E-state index >= 15 is 0 Å². The molecule has 0 spiro atoms. The minimum Gasteiger partial charge on any atom is -0.414 e. The highest BCUT2D eigenvalue weighted by Gasteiger charge is 2.36. The van der Waals surface area contributed by atoms with Crippen molar-refractivity contribution in [3.8, 4) is 0 Å². The van der Waals surface area contributed by atoms with Crippen LogP contribution in [0.3, 0.4) is 0 Å². The molecule has 1 unspecified atom stereocenters. The number of unbranched alkanes of at least 4 members (excludes halogenated alkanes) is 11. The van der Waals surface area contributed by atoms with E-state index in [4.69, 9.17) is 9.16 Å². The molecule has 0 heterocycles. The molecular formula is C31H58O2Si. The van der Waals surface area contributed by atoms with Gasteiger partial charge in [-0.3, -0.25) is 0 Å². The van der Waals surface area contributed by atoms with E-state index in [1.165, 1.54) is 94.6 Å². The van der Waals surface area contributed by atoms with E-state index in [0.717, 1.165) is 0 Å². The molecule has 0 aliphatic carbocycles. The molecule has 0 saturated heterocycles. The lowest BCUT2D eigenvalue weighted by molar-refractivity contribution is 0.0845. The lowest BCUT2D eigenvalue weighted by Gasteiger charge is -2.36. The fourth-order valence-corrected chi connectivity index (χ4v) is 5.19. The fraction of sp³-hybridized carbons (Fsp3) is 0.806. The molecule has 34 heavy (non-hydrogen) atoms. The van der Waals surface area contributed by atoms with E-state index in [1.807, 2.05) is 0 Å². The van der Waals surface area contributed by atoms with Crippen LogP contribution in [0.1, 0.15) is 135 Å². The second-order valence-electron chi connectivity index (χ2n) is 12.0. The predicted octanol–water partition coefficient (Wildman–Crippen LogP) is 10.4. The summed E-state index contributed by atoms with van der Waals surface area (Å²) in [6.45, 7) is 18.1. The van der Waals surface area contributed by atoms with Crippen LogP contribution in [0, 0.1) is 0 Å². The highest BCUT2D eigenvalue weighted by molar-refractivity contribution is 6.74. The number of hydrogen-bond acceptors (Lipinski definition) is 2. The second-order valence-corrected chi connectivity index (χ2v) is 16.8. The lowest BCUT2D eigenvalue weighted by Crippen LogP contribution is -2.41. The first-order valence-electron chi connectivity index (χ1n) is 14.5. The van der Waals surface area contributed by atoms with E-state index < -0.39 is 8.32 Å². The van der Waals surface area contributed by atoms with Crippen molar-refractivity contribution in [2.24, 2.45) is 0 Å². The summed E-state index contributed by atoms with van der Waals surface area (Å²) in [4.78, 5) is 0. The Labute approximate surface area is 214 Å². The first kappa shape index (κ1) is 31.4. The molecule has 3 heteroatoms. The van der Waals surface area contributed by atoms with Gasteiger partial charge in [0.2, 0.25) is 0 Å². The van der Waals surface area contributed by atoms with E-state index in [-0.39, 0.29) is 5.04 Å². The van der Waals surface area contributed by atoms with Crippen LogP contribution < -0.4 is 0 Å². The molecular weight excluding hydrogens is 432 g/mol. The van der Waals surface area contributed by atoms with Gasteiger partial charge >= 0.3 is 0 Å². The smallest absolute Gasteiger partial charge is 0.192 e. The van der Waals surface area contributed by atoms with Crippen LogP contribution in [0.2, 0.25) is 18.1 Å². The van der Waals surface area contributed by atoms with Crippen LogP contribution in [-0.4, -0.2) is 21.5 Å². The van der Waals surface area contributed by atoms with Gasteiger partial charge in [-0.25, -0.2) is 0 Å². The first-order valence-corrected chi connectivity index (χ1v) is 17.4. The van der Waals surface area contributed by atoms with Crippen molar-refractivity contribution in [1.82, 2.24) is 0 Å². The molecule has 0 saturated carbocycles. The number of benzene rings is 1. The van der Waals surface area contributed by atoms with Gasteiger partial charge in [-0.2, -0.15) is 0 Å². The Hall–Kier alpha value is -0.643. The van der Waals surface area contributed by atoms with E-state index in [9.17, 15) is 0 Å². The summed E-state index contributed by atoms with van der Waals surface area (Å²) in [5.41, 5.74) is 2.72. The molecule has 1 atom stereocenters. The van der Waals surface area contributed by atoms with Gasteiger partial charge in [0, 0.05) is 0 Å². The average Bonchev–Trinajstić information content (AvgIpc) is 2.79. The highest BCUT2D eigenvalue weighted by Crippen LogP contribution is 2.36. The molecule has 1 aromatic rings. The third kappa shape index (κ3) is 14.0. The number of hydrogen-bond donors (Lipinski definition) is 0. The summed E-state index contributed by atoms with van der Waals surface area (Å²) in [6.07, 6.45) is 18.4. The maximum Gasteiger partial charge on any atom is 0.192 e. The Morgan fingerprint density at radius 3 is 1.74 bits per heavy atom. The van der Waals surface area contributed by atoms with Crippen LogP contribution in [0.15, 0.2) is 24.3 Å². The topological polar surface area (TPSA) is 18.5 Å². The standard InChI is InChI=1S/C31H58O2Si/c1-8-9-10-11-12-13-14-15-16-17-18-19-20-28(2)30-23-21-29(22-24-30)27-32-25-26-33-34(6,7)31(3,4)5/h21-24,28H,8-20,25-27H2,1-7H3. The molecule has 0 aliphatic rings. The Kier molecular flexibility index (Phi) is 16.4. The Bertz CT molecular complexity index is 603. The average molecular weight is 491 g/mol. The molecule has 0 bridgehead atoms. The second kappa shape index (κ2) is 17.7. The SMILES string of the molecule is CCCCCCCCCCCCCCC(C)c1ccc(COCCO[Si](C)(C)C(C)(C)C)cc1. The monoisotopic (exact) mass is 490 g/mol. The molecule has 0 fully saturated rings. The molecule has 0 radical (unpaired) electrons. The predicted molar refractivity (Wildman–Crippen MR) is 153 cm³/mol. The van der Waals surface area contributed by atoms with Crippen LogP contribution >= 0.6 is 0 Å². The van der Waals surface area contributed by atoms with E-state index in [0.29, 0.717) is 25.7 Å². The van der Waals surface area contributed by atoms with Gasteiger partial charge in [-0.05, 0) is 41.6 Å². The number of rotatable bonds is 20. The fourth-order valence-electron chi connectivity index (χ4n) is 4.16. The summed E-state index contributed by atoms with van der Waals surface area (Å²) in [5, 5.41) is 0.257. The van der Waals surface area contributed by atoms with Gasteiger partial charge in [0.1, 0.15) is 0 Å². The third-order valence-electron chi connectivity index (χ3n) is 7.80. The molecule has 0 amide bonds. The molecule has 2 nitrogen and oxygen atoms in total. The van der Waals surface area contributed by atoms with Crippen molar-refractivity contribution in [2.45, 2.75) is 149 Å². The zero-order valence-electron chi connectivity index (χ0n) is 24.0. The van der Waals surface area contributed by atoms with E-state index in [2.05, 4.69) is 72.0 Å². The summed E-state index contributed by atoms with van der Waals surface area (Å²) in [6, 6.07) is 9.08. The van der Waals surface area contributed by atoms with Crippen molar-refractivity contribution >= 4 is 8.32 Å². The summed E-state index contributed by atoms with van der Waals surface area (Å²) in [7, 11) is -1.66. The van der Waals surface area contributed by atoms with Crippen molar-refractivity contribution < 1.29 is 9.16 Å². The maximum atomic E-state index is 6.19. The molecule has 1 aromatic carbocycles. The van der Waals surface area contributed by atoms with Crippen LogP contribution in [-0.2, 0) is 15.8 Å². The van der Waals surface area contributed by atoms with Gasteiger partial charge in [0.05, 0.1) is 19.8 Å². The molecule has 0 aliphatic heterocycles. The van der Waals surface area contributed by atoms with E-state index in [1.54, 1.807) is 0 Å². The van der Waals surface area contributed by atoms with Crippen LogP contribution in [0.5, 0.6) is 0 Å². The molecule has 1 rings (SSSR count). The van der Waals surface area contributed by atoms with Gasteiger partial charge in [-0.15, -0.1) is 0 Å². The van der Waals surface area contributed by atoms with Crippen molar-refractivity contribution in [3.05, 3.63) is 35.4 Å². The Morgan fingerprint density at radius 2 is 1.24 bits per heavy atom. The minimum absolute atomic E-state index is 0.257. The lowest BCUT2D eigenvalue weighted by atomic mass is 9.94. The Morgan fingerprint density at radius 1 is 0.735 bits per heavy atom. The minimum atomic E-state index is -1.66. The van der Waals surface area contributed by atoms with Gasteiger partial charge in [-0.1, -0.05) is 136 Å². The van der Waals surface area contributed by atoms with Crippen molar-refractivity contribution in [1.29, 1.82) is 0 Å². The first-order chi connectivity index (χ1) is 16.2. The molecule has 0 aromatic heterocycles. The Balaban J connectivity index is 2.08. The quantitative estimate of drug-likeness (QED) is 0.134. The molecule has 198 valence electrons. The van der Waals surface area contributed by atoms with Crippen molar-refractivity contribution in [2.75, 3.05) is 13.2 Å². The summed E-state index contributed by atoms with van der Waals surface area (Å²) in [5.74, 6) is 0.649. The van der Waals surface area contributed by atoms with Crippen LogP contribution in [0.4, 0.5) is 0 Å². The number of ether oxygens (including phenoxy) is 1. The zero-order chi connectivity index (χ0) is 25.3.